The standard InChI is InChI=1S/C25H22N2O4S/c1-17-7-13-21(14-8-17)32(29,30)27-25(28)23(19-9-11-20(31-2)12-10-19)24-22-6-4-3-5-18(22)15-16-26(24)27/h3-16,23-24H,1-2H3/t23-,24-/m1/s1. The van der Waals surface area contributed by atoms with Crippen molar-refractivity contribution in [3.05, 3.63) is 101 Å². The van der Waals surface area contributed by atoms with Gasteiger partial charge >= 0.3 is 0 Å². The van der Waals surface area contributed by atoms with Crippen LogP contribution in [-0.4, -0.2) is 30.9 Å². The second-order valence-corrected chi connectivity index (χ2v) is 9.69. The van der Waals surface area contributed by atoms with Gasteiger partial charge < -0.3 is 4.74 Å². The molecule has 6 nitrogen and oxygen atoms in total. The fourth-order valence-corrected chi connectivity index (χ4v) is 5.82. The monoisotopic (exact) mass is 446 g/mol. The first-order valence-corrected chi connectivity index (χ1v) is 11.7. The average Bonchev–Trinajstić information content (AvgIpc) is 3.12. The number of fused-ring (bicyclic) bond motifs is 3. The molecule has 0 aliphatic carbocycles. The van der Waals surface area contributed by atoms with Gasteiger partial charge in [-0.3, -0.25) is 9.80 Å². The van der Waals surface area contributed by atoms with Gasteiger partial charge in [0, 0.05) is 6.20 Å². The molecule has 0 unspecified atom stereocenters. The van der Waals surface area contributed by atoms with Crippen molar-refractivity contribution in [2.45, 2.75) is 23.8 Å². The highest BCUT2D eigenvalue weighted by Gasteiger charge is 2.53. The predicted octanol–water partition coefficient (Wildman–Crippen LogP) is 4.26. The summed E-state index contributed by atoms with van der Waals surface area (Å²) in [5.41, 5.74) is 3.55. The van der Waals surface area contributed by atoms with Crippen molar-refractivity contribution < 1.29 is 17.9 Å². The quantitative estimate of drug-likeness (QED) is 0.599. The van der Waals surface area contributed by atoms with Gasteiger partial charge in [0.05, 0.1) is 24.0 Å². The molecule has 0 aromatic heterocycles. The predicted molar refractivity (Wildman–Crippen MR) is 121 cm³/mol. The molecule has 2 heterocycles. The number of benzene rings is 3. The van der Waals surface area contributed by atoms with Crippen molar-refractivity contribution >= 4 is 22.0 Å². The van der Waals surface area contributed by atoms with Crippen molar-refractivity contribution in [1.82, 2.24) is 9.42 Å². The lowest BCUT2D eigenvalue weighted by Gasteiger charge is -2.34. The SMILES string of the molecule is COc1ccc([C@H]2C(=O)N(S(=O)(=O)c3ccc(C)cc3)N3C=Cc4ccccc4[C@H]23)cc1. The second kappa shape index (κ2) is 7.53. The Kier molecular flexibility index (Phi) is 4.78. The Bertz CT molecular complexity index is 1310. The van der Waals surface area contributed by atoms with Crippen LogP contribution < -0.4 is 4.74 Å². The Labute approximate surface area is 187 Å². The van der Waals surface area contributed by atoms with Crippen molar-refractivity contribution in [3.8, 4) is 5.75 Å². The van der Waals surface area contributed by atoms with Crippen LogP contribution >= 0.6 is 0 Å². The molecule has 0 N–H and O–H groups in total. The largest absolute Gasteiger partial charge is 0.497 e. The van der Waals surface area contributed by atoms with Gasteiger partial charge in [0.25, 0.3) is 15.9 Å². The molecular formula is C25H22N2O4S. The minimum Gasteiger partial charge on any atom is -0.497 e. The number of methoxy groups -OCH3 is 1. The molecule has 2 aliphatic heterocycles. The minimum atomic E-state index is -4.10. The van der Waals surface area contributed by atoms with Crippen LogP contribution in [0.3, 0.4) is 0 Å². The van der Waals surface area contributed by atoms with E-state index in [4.69, 9.17) is 4.74 Å². The van der Waals surface area contributed by atoms with E-state index in [1.165, 1.54) is 12.1 Å². The van der Waals surface area contributed by atoms with Crippen LogP contribution in [0.25, 0.3) is 6.08 Å². The summed E-state index contributed by atoms with van der Waals surface area (Å²) < 4.78 is 33.4. The van der Waals surface area contributed by atoms with Gasteiger partial charge in [-0.25, -0.2) is 0 Å². The third kappa shape index (κ3) is 3.08. The molecule has 3 aromatic carbocycles. The lowest BCUT2D eigenvalue weighted by molar-refractivity contribution is -0.128. The Morgan fingerprint density at radius 3 is 2.28 bits per heavy atom. The number of ether oxygens (including phenoxy) is 1. The fourth-order valence-electron chi connectivity index (χ4n) is 4.39. The summed E-state index contributed by atoms with van der Waals surface area (Å²) in [6.07, 6.45) is 3.52. The fraction of sp³-hybridized carbons (Fsp3) is 0.160. The van der Waals surface area contributed by atoms with E-state index in [2.05, 4.69) is 0 Å². The number of carbonyl (C=O) groups excluding carboxylic acids is 1. The number of carbonyl (C=O) groups is 1. The molecule has 1 saturated heterocycles. The van der Waals surface area contributed by atoms with Crippen molar-refractivity contribution in [3.63, 3.8) is 0 Å². The van der Waals surface area contributed by atoms with E-state index in [1.54, 1.807) is 42.6 Å². The highest BCUT2D eigenvalue weighted by molar-refractivity contribution is 7.89. The first-order chi connectivity index (χ1) is 15.4. The van der Waals surface area contributed by atoms with Crippen molar-refractivity contribution in [1.29, 1.82) is 0 Å². The van der Waals surface area contributed by atoms with E-state index in [1.807, 2.05) is 49.4 Å². The summed E-state index contributed by atoms with van der Waals surface area (Å²) in [6.45, 7) is 1.89. The van der Waals surface area contributed by atoms with Crippen LogP contribution in [0.15, 0.2) is 83.9 Å². The molecule has 32 heavy (non-hydrogen) atoms. The smallest absolute Gasteiger partial charge is 0.284 e. The maximum Gasteiger partial charge on any atom is 0.284 e. The van der Waals surface area contributed by atoms with Crippen molar-refractivity contribution in [2.75, 3.05) is 7.11 Å². The minimum absolute atomic E-state index is 0.0813. The number of nitrogens with zero attached hydrogens (tertiary/aromatic N) is 2. The van der Waals surface area contributed by atoms with Crippen LogP contribution in [0.1, 0.15) is 34.2 Å². The van der Waals surface area contributed by atoms with Gasteiger partial charge in [0.1, 0.15) is 5.75 Å². The van der Waals surface area contributed by atoms with E-state index in [0.717, 1.165) is 26.7 Å². The zero-order chi connectivity index (χ0) is 22.5. The Hall–Kier alpha value is -3.58. The first kappa shape index (κ1) is 20.3. The van der Waals surface area contributed by atoms with E-state index >= 15 is 0 Å². The van der Waals surface area contributed by atoms with Crippen molar-refractivity contribution in [2.24, 2.45) is 0 Å². The lowest BCUT2D eigenvalue weighted by atomic mass is 9.84. The van der Waals surface area contributed by atoms with Gasteiger partial charge in [-0.2, -0.15) is 8.42 Å². The highest BCUT2D eigenvalue weighted by atomic mass is 32.2. The van der Waals surface area contributed by atoms with Gasteiger partial charge in [0.2, 0.25) is 0 Å². The van der Waals surface area contributed by atoms with Crippen LogP contribution in [0.5, 0.6) is 5.75 Å². The molecule has 0 radical (unpaired) electrons. The molecule has 0 spiro atoms. The van der Waals surface area contributed by atoms with Crippen LogP contribution in [0.4, 0.5) is 0 Å². The summed E-state index contributed by atoms with van der Waals surface area (Å²) >= 11 is 0. The molecule has 2 aliphatic rings. The normalized spacial score (nSPS) is 19.6. The summed E-state index contributed by atoms with van der Waals surface area (Å²) in [6, 6.07) is 21.0. The van der Waals surface area contributed by atoms with Gasteiger partial charge in [-0.15, -0.1) is 4.41 Å². The molecule has 2 atom stereocenters. The van der Waals surface area contributed by atoms with E-state index in [9.17, 15) is 13.2 Å². The molecule has 7 heteroatoms. The first-order valence-electron chi connectivity index (χ1n) is 10.3. The second-order valence-electron chi connectivity index (χ2n) is 7.92. The van der Waals surface area contributed by atoms with Gasteiger partial charge in [-0.1, -0.05) is 54.1 Å². The van der Waals surface area contributed by atoms with Gasteiger partial charge in [-0.05, 0) is 54.0 Å². The molecular weight excluding hydrogens is 424 g/mol. The number of aryl methyl sites for hydroxylation is 1. The Morgan fingerprint density at radius 2 is 1.59 bits per heavy atom. The van der Waals surface area contributed by atoms with Crippen LogP contribution in [-0.2, 0) is 14.8 Å². The molecule has 1 fully saturated rings. The molecule has 3 aromatic rings. The third-order valence-electron chi connectivity index (χ3n) is 6.01. The zero-order valence-corrected chi connectivity index (χ0v) is 18.5. The summed E-state index contributed by atoms with van der Waals surface area (Å²) in [5.74, 6) is -0.501. The van der Waals surface area contributed by atoms with Gasteiger partial charge in [0.15, 0.2) is 0 Å². The van der Waals surface area contributed by atoms with Crippen LogP contribution in [0.2, 0.25) is 0 Å². The van der Waals surface area contributed by atoms with E-state index in [-0.39, 0.29) is 4.90 Å². The Morgan fingerprint density at radius 1 is 0.906 bits per heavy atom. The molecule has 162 valence electrons. The molecule has 5 rings (SSSR count). The number of hydrogen-bond acceptors (Lipinski definition) is 5. The summed E-state index contributed by atoms with van der Waals surface area (Å²) in [7, 11) is -2.52. The molecule has 0 saturated carbocycles. The van der Waals surface area contributed by atoms with Crippen LogP contribution in [0, 0.1) is 6.92 Å². The topological polar surface area (TPSA) is 66.9 Å². The number of hydrogen-bond donors (Lipinski definition) is 0. The zero-order valence-electron chi connectivity index (χ0n) is 17.7. The molecule has 1 amide bonds. The Balaban J connectivity index is 1.67. The molecule has 0 bridgehead atoms. The highest BCUT2D eigenvalue weighted by Crippen LogP contribution is 2.49. The lowest BCUT2D eigenvalue weighted by Crippen LogP contribution is -2.42. The number of hydrazine groups is 1. The average molecular weight is 447 g/mol. The van der Waals surface area contributed by atoms with E-state index < -0.39 is 27.9 Å². The third-order valence-corrected chi connectivity index (χ3v) is 7.70. The van der Waals surface area contributed by atoms with E-state index in [0.29, 0.717) is 5.75 Å². The number of amides is 1. The number of sulfonamides is 1. The maximum atomic E-state index is 13.8. The maximum absolute atomic E-state index is 13.8. The number of rotatable bonds is 4. The summed E-state index contributed by atoms with van der Waals surface area (Å²) in [4.78, 5) is 13.8. The summed E-state index contributed by atoms with van der Waals surface area (Å²) in [5, 5.41) is 1.55.